The number of amides is 1. The molecule has 1 heterocycles. The topological polar surface area (TPSA) is 41.1 Å². The van der Waals surface area contributed by atoms with E-state index in [-0.39, 0.29) is 11.9 Å². The summed E-state index contributed by atoms with van der Waals surface area (Å²) in [5.74, 6) is -0.121. The van der Waals surface area contributed by atoms with E-state index in [1.165, 1.54) is 11.8 Å². The molecule has 1 aliphatic rings. The number of thioether (sulfide) groups is 1. The molecule has 1 saturated heterocycles. The van der Waals surface area contributed by atoms with Gasteiger partial charge >= 0.3 is 0 Å². The minimum Gasteiger partial charge on any atom is -0.349 e. The first kappa shape index (κ1) is 15.0. The molecule has 0 unspecified atom stereocenters. The molecule has 1 aliphatic heterocycles. The third-order valence-corrected chi connectivity index (χ3v) is 4.68. The lowest BCUT2D eigenvalue weighted by molar-refractivity contribution is 0.0929. The molecular weight excluding hydrogens is 303 g/mol. The van der Waals surface area contributed by atoms with Crippen LogP contribution >= 0.6 is 35.0 Å². The van der Waals surface area contributed by atoms with Crippen molar-refractivity contribution in [3.05, 3.63) is 27.7 Å². The highest BCUT2D eigenvalue weighted by Gasteiger charge is 2.19. The van der Waals surface area contributed by atoms with E-state index in [2.05, 4.69) is 10.6 Å². The number of carbonyl (C=O) groups excluding carboxylic acids is 1. The molecule has 2 N–H and O–H groups in total. The van der Waals surface area contributed by atoms with Gasteiger partial charge in [0.25, 0.3) is 5.91 Å². The van der Waals surface area contributed by atoms with Gasteiger partial charge in [0.05, 0.1) is 15.6 Å². The van der Waals surface area contributed by atoms with E-state index in [0.717, 1.165) is 30.8 Å². The van der Waals surface area contributed by atoms with Gasteiger partial charge in [-0.1, -0.05) is 23.2 Å². The maximum absolute atomic E-state index is 12.2. The molecule has 2 rings (SSSR count). The summed E-state index contributed by atoms with van der Waals surface area (Å²) in [5.41, 5.74) is 0.494. The predicted molar refractivity (Wildman–Crippen MR) is 81.6 cm³/mol. The van der Waals surface area contributed by atoms with Gasteiger partial charge in [-0.05, 0) is 44.3 Å². The van der Waals surface area contributed by atoms with Crippen molar-refractivity contribution in [1.29, 1.82) is 0 Å². The zero-order valence-corrected chi connectivity index (χ0v) is 13.0. The van der Waals surface area contributed by atoms with Crippen LogP contribution < -0.4 is 10.6 Å². The van der Waals surface area contributed by atoms with Gasteiger partial charge in [-0.3, -0.25) is 4.79 Å². The van der Waals surface area contributed by atoms with Gasteiger partial charge in [0.15, 0.2) is 0 Å². The molecule has 0 radical (unpaired) electrons. The number of nitrogens with one attached hydrogen (secondary N) is 2. The van der Waals surface area contributed by atoms with Gasteiger partial charge in [0, 0.05) is 10.9 Å². The van der Waals surface area contributed by atoms with Crippen LogP contribution in [0.1, 0.15) is 23.2 Å². The summed E-state index contributed by atoms with van der Waals surface area (Å²) in [6.07, 6.45) is 3.82. The summed E-state index contributed by atoms with van der Waals surface area (Å²) in [6.45, 7) is 1.88. The Morgan fingerprint density at radius 3 is 2.63 bits per heavy atom. The van der Waals surface area contributed by atoms with Crippen LogP contribution in [-0.2, 0) is 0 Å². The number of carbonyl (C=O) groups is 1. The summed E-state index contributed by atoms with van der Waals surface area (Å²) < 4.78 is 0. The van der Waals surface area contributed by atoms with Crippen LogP contribution in [0.2, 0.25) is 10.0 Å². The van der Waals surface area contributed by atoms with Gasteiger partial charge in [-0.25, -0.2) is 0 Å². The molecule has 0 aromatic heterocycles. The van der Waals surface area contributed by atoms with E-state index in [4.69, 9.17) is 23.2 Å². The second kappa shape index (κ2) is 6.84. The van der Waals surface area contributed by atoms with Crippen molar-refractivity contribution in [3.63, 3.8) is 0 Å². The molecule has 0 aliphatic carbocycles. The first-order valence-corrected chi connectivity index (χ1v) is 8.14. The molecule has 1 amide bonds. The van der Waals surface area contributed by atoms with Gasteiger partial charge < -0.3 is 10.6 Å². The van der Waals surface area contributed by atoms with Crippen molar-refractivity contribution in [1.82, 2.24) is 10.6 Å². The van der Waals surface area contributed by atoms with Gasteiger partial charge in [0.2, 0.25) is 0 Å². The first-order chi connectivity index (χ1) is 9.11. The van der Waals surface area contributed by atoms with E-state index in [9.17, 15) is 4.79 Å². The second-order valence-electron chi connectivity index (χ2n) is 4.46. The first-order valence-electron chi connectivity index (χ1n) is 6.16. The molecule has 0 saturated carbocycles. The molecular formula is C13H16Cl2N2OS. The molecule has 3 nitrogen and oxygen atoms in total. The lowest BCUT2D eigenvalue weighted by Crippen LogP contribution is -2.42. The van der Waals surface area contributed by atoms with Crippen LogP contribution in [0.3, 0.4) is 0 Å². The van der Waals surface area contributed by atoms with Crippen LogP contribution in [0.4, 0.5) is 0 Å². The number of benzene rings is 1. The average molecular weight is 319 g/mol. The minimum atomic E-state index is -0.121. The van der Waals surface area contributed by atoms with E-state index in [1.54, 1.807) is 12.1 Å². The lowest BCUT2D eigenvalue weighted by atomic mass is 10.1. The highest BCUT2D eigenvalue weighted by atomic mass is 35.5. The Hall–Kier alpha value is -0.420. The maximum atomic E-state index is 12.2. The number of halogens is 2. The molecule has 0 bridgehead atoms. The van der Waals surface area contributed by atoms with Gasteiger partial charge in [-0.15, -0.1) is 11.8 Å². The second-order valence-corrected chi connectivity index (χ2v) is 6.13. The number of rotatable bonds is 3. The largest absolute Gasteiger partial charge is 0.349 e. The Kier molecular flexibility index (Phi) is 5.39. The van der Waals surface area contributed by atoms with Gasteiger partial charge in [0.1, 0.15) is 0 Å². The minimum absolute atomic E-state index is 0.121. The van der Waals surface area contributed by atoms with Crippen molar-refractivity contribution < 1.29 is 4.79 Å². The molecule has 0 atom stereocenters. The summed E-state index contributed by atoms with van der Waals surface area (Å²) >= 11 is 13.7. The van der Waals surface area contributed by atoms with Gasteiger partial charge in [-0.2, -0.15) is 0 Å². The summed E-state index contributed by atoms with van der Waals surface area (Å²) in [5, 5.41) is 7.27. The fourth-order valence-electron chi connectivity index (χ4n) is 2.09. The van der Waals surface area contributed by atoms with Crippen LogP contribution in [0.5, 0.6) is 0 Å². The van der Waals surface area contributed by atoms with Crippen molar-refractivity contribution >= 4 is 40.9 Å². The molecule has 104 valence electrons. The van der Waals surface area contributed by atoms with Crippen LogP contribution in [0.25, 0.3) is 0 Å². The monoisotopic (exact) mass is 318 g/mol. The van der Waals surface area contributed by atoms with Crippen molar-refractivity contribution in [2.24, 2.45) is 0 Å². The van der Waals surface area contributed by atoms with Crippen LogP contribution in [-0.4, -0.2) is 31.3 Å². The molecule has 0 spiro atoms. The standard InChI is InChI=1S/C13H16Cl2N2OS/c1-19-12-6-9(10(14)7-11(12)15)13(18)17-8-2-4-16-5-3-8/h6-8,16H,2-5H2,1H3,(H,17,18). The van der Waals surface area contributed by atoms with E-state index < -0.39 is 0 Å². The molecule has 19 heavy (non-hydrogen) atoms. The fraction of sp³-hybridized carbons (Fsp3) is 0.462. The average Bonchev–Trinajstić information content (AvgIpc) is 2.40. The fourth-order valence-corrected chi connectivity index (χ4v) is 3.28. The SMILES string of the molecule is CSc1cc(C(=O)NC2CCNCC2)c(Cl)cc1Cl. The normalized spacial score (nSPS) is 16.4. The number of hydrogen-bond acceptors (Lipinski definition) is 3. The highest BCUT2D eigenvalue weighted by Crippen LogP contribution is 2.31. The zero-order valence-electron chi connectivity index (χ0n) is 10.6. The lowest BCUT2D eigenvalue weighted by Gasteiger charge is -2.24. The molecule has 1 fully saturated rings. The van der Waals surface area contributed by atoms with E-state index in [1.807, 2.05) is 6.26 Å². The van der Waals surface area contributed by atoms with Crippen molar-refractivity contribution in [2.75, 3.05) is 19.3 Å². The number of hydrogen-bond donors (Lipinski definition) is 2. The third kappa shape index (κ3) is 3.78. The molecule has 6 heteroatoms. The molecule has 1 aromatic carbocycles. The maximum Gasteiger partial charge on any atom is 0.253 e. The number of piperidine rings is 1. The predicted octanol–water partition coefficient (Wildman–Crippen LogP) is 3.20. The Labute approximate surface area is 127 Å². The Balaban J connectivity index is 2.13. The van der Waals surface area contributed by atoms with Crippen molar-refractivity contribution in [2.45, 2.75) is 23.8 Å². The Morgan fingerprint density at radius 2 is 2.00 bits per heavy atom. The summed E-state index contributed by atoms with van der Waals surface area (Å²) in [4.78, 5) is 13.1. The van der Waals surface area contributed by atoms with E-state index in [0.29, 0.717) is 15.6 Å². The summed E-state index contributed by atoms with van der Waals surface area (Å²) in [6, 6.07) is 3.61. The Bertz CT molecular complexity index is 476. The smallest absolute Gasteiger partial charge is 0.253 e. The van der Waals surface area contributed by atoms with Crippen LogP contribution in [0, 0.1) is 0 Å². The van der Waals surface area contributed by atoms with E-state index >= 15 is 0 Å². The Morgan fingerprint density at radius 1 is 1.32 bits per heavy atom. The third-order valence-electron chi connectivity index (χ3n) is 3.16. The van der Waals surface area contributed by atoms with Crippen LogP contribution in [0.15, 0.2) is 17.0 Å². The zero-order chi connectivity index (χ0) is 13.8. The highest BCUT2D eigenvalue weighted by molar-refractivity contribution is 7.98. The van der Waals surface area contributed by atoms with Crippen molar-refractivity contribution in [3.8, 4) is 0 Å². The quantitative estimate of drug-likeness (QED) is 0.841. The molecule has 1 aromatic rings. The summed E-state index contributed by atoms with van der Waals surface area (Å²) in [7, 11) is 0.